The van der Waals surface area contributed by atoms with Gasteiger partial charge < -0.3 is 25.0 Å². The average Bonchev–Trinajstić information content (AvgIpc) is 3.24. The monoisotopic (exact) mass is 558 g/mol. The Bertz CT molecular complexity index is 707. The number of likely N-dealkylation sites (tertiary alicyclic amines) is 1. The second-order valence-electron chi connectivity index (χ2n) is 9.45. The highest BCUT2D eigenvalue weighted by Gasteiger charge is 2.21. The van der Waals surface area contributed by atoms with Gasteiger partial charge in [-0.3, -0.25) is 0 Å². The number of hydrogen-bond donors (Lipinski definition) is 2. The highest BCUT2D eigenvalue weighted by molar-refractivity contribution is 14.0. The molecule has 2 saturated heterocycles. The first-order valence-corrected chi connectivity index (χ1v) is 12.1. The van der Waals surface area contributed by atoms with Crippen LogP contribution in [0.4, 0.5) is 0 Å². The van der Waals surface area contributed by atoms with Crippen LogP contribution in [0, 0.1) is 18.8 Å². The number of hydrogen-bond acceptors (Lipinski definition) is 4. The molecule has 3 rings (SSSR count). The largest absolute Gasteiger partial charge is 0.488 e. The molecular weight excluding hydrogens is 515 g/mol. The quantitative estimate of drug-likeness (QED) is 0.270. The molecule has 0 aromatic heterocycles. The maximum absolute atomic E-state index is 6.24. The molecule has 6 nitrogen and oxygen atoms in total. The van der Waals surface area contributed by atoms with Gasteiger partial charge in [-0.05, 0) is 56.7 Å². The SMILES string of the molecule is CCNC(=NCc1ccc(C)cc1OC1CCOC1)NCC1CCCN(CC(C)C)C1.I. The third-order valence-corrected chi connectivity index (χ3v) is 5.94. The molecule has 0 aliphatic carbocycles. The van der Waals surface area contributed by atoms with Crippen molar-refractivity contribution < 1.29 is 9.47 Å². The zero-order valence-corrected chi connectivity index (χ0v) is 22.7. The number of halogens is 1. The Morgan fingerprint density at radius 2 is 2.12 bits per heavy atom. The Kier molecular flexibility index (Phi) is 12.1. The second-order valence-corrected chi connectivity index (χ2v) is 9.45. The second kappa shape index (κ2) is 14.3. The van der Waals surface area contributed by atoms with Crippen molar-refractivity contribution in [3.63, 3.8) is 0 Å². The zero-order chi connectivity index (χ0) is 22.1. The summed E-state index contributed by atoms with van der Waals surface area (Å²) >= 11 is 0. The number of rotatable bonds is 9. The molecule has 0 spiro atoms. The molecule has 2 heterocycles. The maximum Gasteiger partial charge on any atom is 0.191 e. The van der Waals surface area contributed by atoms with E-state index in [4.69, 9.17) is 14.5 Å². The van der Waals surface area contributed by atoms with E-state index >= 15 is 0 Å². The van der Waals surface area contributed by atoms with Crippen molar-refractivity contribution in [2.24, 2.45) is 16.8 Å². The summed E-state index contributed by atoms with van der Waals surface area (Å²) in [6, 6.07) is 6.39. The van der Waals surface area contributed by atoms with Crippen LogP contribution in [0.5, 0.6) is 5.75 Å². The normalized spacial score (nSPS) is 22.0. The van der Waals surface area contributed by atoms with Crippen molar-refractivity contribution in [2.45, 2.75) is 59.6 Å². The van der Waals surface area contributed by atoms with Gasteiger partial charge in [-0.1, -0.05) is 26.0 Å². The number of ether oxygens (including phenoxy) is 2. The van der Waals surface area contributed by atoms with Gasteiger partial charge in [0.05, 0.1) is 19.8 Å². The van der Waals surface area contributed by atoms with Crippen LogP contribution in [0.3, 0.4) is 0 Å². The van der Waals surface area contributed by atoms with Crippen molar-refractivity contribution in [3.8, 4) is 5.75 Å². The summed E-state index contributed by atoms with van der Waals surface area (Å²) in [6.45, 7) is 16.3. The molecule has 32 heavy (non-hydrogen) atoms. The summed E-state index contributed by atoms with van der Waals surface area (Å²) in [7, 11) is 0. The summed E-state index contributed by atoms with van der Waals surface area (Å²) in [6.07, 6.45) is 3.69. The Balaban J connectivity index is 0.00000363. The molecule has 7 heteroatoms. The summed E-state index contributed by atoms with van der Waals surface area (Å²) < 4.78 is 11.7. The number of nitrogens with one attached hydrogen (secondary N) is 2. The standard InChI is InChI=1S/C25H42N4O2.HI/c1-5-26-25(27-14-21-7-6-11-29(17-21)16-19(2)3)28-15-22-9-8-20(4)13-24(22)31-23-10-12-30-18-23;/h8-9,13,19,21,23H,5-7,10-12,14-18H2,1-4H3,(H2,26,27,28);1H. The van der Waals surface area contributed by atoms with E-state index in [2.05, 4.69) is 61.4 Å². The van der Waals surface area contributed by atoms with Gasteiger partial charge >= 0.3 is 0 Å². The Morgan fingerprint density at radius 1 is 1.28 bits per heavy atom. The van der Waals surface area contributed by atoms with E-state index in [-0.39, 0.29) is 30.1 Å². The van der Waals surface area contributed by atoms with Gasteiger partial charge in [-0.25, -0.2) is 4.99 Å². The molecule has 2 aliphatic heterocycles. The summed E-state index contributed by atoms with van der Waals surface area (Å²) in [5.74, 6) is 3.23. The van der Waals surface area contributed by atoms with Crippen LogP contribution in [0.1, 0.15) is 51.2 Å². The summed E-state index contributed by atoms with van der Waals surface area (Å²) in [4.78, 5) is 7.49. The highest BCUT2D eigenvalue weighted by atomic mass is 127. The van der Waals surface area contributed by atoms with Gasteiger partial charge in [0.15, 0.2) is 5.96 Å². The van der Waals surface area contributed by atoms with E-state index in [1.807, 2.05) is 0 Å². The number of nitrogens with zero attached hydrogens (tertiary/aromatic N) is 2. The van der Waals surface area contributed by atoms with Crippen molar-refractivity contribution in [1.29, 1.82) is 0 Å². The molecule has 0 bridgehead atoms. The Hall–Kier alpha value is -1.06. The molecule has 2 unspecified atom stereocenters. The molecule has 2 fully saturated rings. The first-order valence-electron chi connectivity index (χ1n) is 12.1. The van der Waals surface area contributed by atoms with Gasteiger partial charge in [0.1, 0.15) is 11.9 Å². The zero-order valence-electron chi connectivity index (χ0n) is 20.4. The summed E-state index contributed by atoms with van der Waals surface area (Å²) in [5.41, 5.74) is 2.32. The van der Waals surface area contributed by atoms with E-state index in [0.29, 0.717) is 19.1 Å². The molecule has 2 N–H and O–H groups in total. The number of aryl methyl sites for hydroxylation is 1. The lowest BCUT2D eigenvalue weighted by Crippen LogP contribution is -2.45. The fraction of sp³-hybridized carbons (Fsp3) is 0.720. The minimum Gasteiger partial charge on any atom is -0.488 e. The minimum absolute atomic E-state index is 0. The maximum atomic E-state index is 6.24. The number of guanidine groups is 1. The van der Waals surface area contributed by atoms with E-state index in [1.165, 1.54) is 38.0 Å². The van der Waals surface area contributed by atoms with Crippen LogP contribution in [-0.2, 0) is 11.3 Å². The van der Waals surface area contributed by atoms with Crippen LogP contribution in [0.25, 0.3) is 0 Å². The van der Waals surface area contributed by atoms with E-state index in [1.54, 1.807) is 0 Å². The fourth-order valence-corrected chi connectivity index (χ4v) is 4.43. The van der Waals surface area contributed by atoms with Crippen molar-refractivity contribution in [2.75, 3.05) is 45.9 Å². The van der Waals surface area contributed by atoms with Crippen molar-refractivity contribution in [3.05, 3.63) is 29.3 Å². The van der Waals surface area contributed by atoms with E-state index in [9.17, 15) is 0 Å². The Labute approximate surface area is 211 Å². The number of aliphatic imine (C=N–C) groups is 1. The van der Waals surface area contributed by atoms with Crippen LogP contribution >= 0.6 is 24.0 Å². The summed E-state index contributed by atoms with van der Waals surface area (Å²) in [5, 5.41) is 6.99. The van der Waals surface area contributed by atoms with E-state index < -0.39 is 0 Å². The van der Waals surface area contributed by atoms with Gasteiger partial charge in [-0.15, -0.1) is 24.0 Å². The molecule has 0 saturated carbocycles. The molecule has 0 radical (unpaired) electrons. The molecule has 182 valence electrons. The van der Waals surface area contributed by atoms with Crippen LogP contribution in [0.2, 0.25) is 0 Å². The van der Waals surface area contributed by atoms with Crippen molar-refractivity contribution >= 4 is 29.9 Å². The van der Waals surface area contributed by atoms with Gasteiger partial charge in [-0.2, -0.15) is 0 Å². The number of piperidine rings is 1. The van der Waals surface area contributed by atoms with Crippen LogP contribution in [-0.4, -0.2) is 62.9 Å². The molecule has 2 atom stereocenters. The molecule has 2 aliphatic rings. The minimum atomic E-state index is 0. The highest BCUT2D eigenvalue weighted by Crippen LogP contribution is 2.24. The Morgan fingerprint density at radius 3 is 2.84 bits per heavy atom. The average molecular weight is 559 g/mol. The molecular formula is C25H43IN4O2. The smallest absolute Gasteiger partial charge is 0.191 e. The lowest BCUT2D eigenvalue weighted by Gasteiger charge is -2.34. The predicted octanol–water partition coefficient (Wildman–Crippen LogP) is 4.20. The molecule has 0 amide bonds. The predicted molar refractivity (Wildman–Crippen MR) is 143 cm³/mol. The van der Waals surface area contributed by atoms with Gasteiger partial charge in [0.2, 0.25) is 0 Å². The van der Waals surface area contributed by atoms with Gasteiger partial charge in [0.25, 0.3) is 0 Å². The van der Waals surface area contributed by atoms with E-state index in [0.717, 1.165) is 49.3 Å². The first kappa shape index (κ1) is 27.2. The van der Waals surface area contributed by atoms with Crippen molar-refractivity contribution in [1.82, 2.24) is 15.5 Å². The lowest BCUT2D eigenvalue weighted by atomic mass is 9.97. The number of benzene rings is 1. The van der Waals surface area contributed by atoms with Crippen LogP contribution in [0.15, 0.2) is 23.2 Å². The van der Waals surface area contributed by atoms with Crippen LogP contribution < -0.4 is 15.4 Å². The lowest BCUT2D eigenvalue weighted by molar-refractivity contribution is 0.140. The topological polar surface area (TPSA) is 58.1 Å². The third kappa shape index (κ3) is 9.06. The molecule has 1 aromatic carbocycles. The molecule has 1 aromatic rings. The third-order valence-electron chi connectivity index (χ3n) is 5.94. The first-order chi connectivity index (χ1) is 15.0. The van der Waals surface area contributed by atoms with Gasteiger partial charge in [0, 0.05) is 38.2 Å². The fourth-order valence-electron chi connectivity index (χ4n) is 4.43.